The zero-order valence-electron chi connectivity index (χ0n) is 14.8. The van der Waals surface area contributed by atoms with Crippen LogP contribution < -0.4 is 4.31 Å². The fourth-order valence-corrected chi connectivity index (χ4v) is 4.27. The van der Waals surface area contributed by atoms with Crippen LogP contribution in [0.15, 0.2) is 101 Å². The monoisotopic (exact) mass is 391 g/mol. The number of sulfonamides is 1. The molecule has 0 atom stereocenters. The largest absolute Gasteiger partial charge is 0.356 e. The molecule has 0 aliphatic rings. The van der Waals surface area contributed by atoms with Crippen molar-refractivity contribution in [2.75, 3.05) is 4.31 Å². The van der Waals surface area contributed by atoms with E-state index in [4.69, 9.17) is 4.52 Å². The summed E-state index contributed by atoms with van der Waals surface area (Å²) in [6.07, 6.45) is 3.11. The van der Waals surface area contributed by atoms with Gasteiger partial charge in [0.2, 0.25) is 0 Å². The number of nitrogens with zero attached hydrogens (tertiary/aromatic N) is 3. The molecule has 2 aromatic carbocycles. The average molecular weight is 391 g/mol. The van der Waals surface area contributed by atoms with Gasteiger partial charge in [-0.15, -0.1) is 0 Å². The normalized spacial score (nSPS) is 11.3. The van der Waals surface area contributed by atoms with E-state index in [1.54, 1.807) is 60.9 Å². The Balaban J connectivity index is 1.71. The first-order chi connectivity index (χ1) is 13.6. The molecular formula is C21H17N3O3S. The van der Waals surface area contributed by atoms with Crippen LogP contribution in [0.2, 0.25) is 0 Å². The molecule has 0 saturated carbocycles. The SMILES string of the molecule is O=S(=O)(c1ccccc1)N(Cc1cc(-c2ccccc2)on1)c1ccncc1. The van der Waals surface area contributed by atoms with Gasteiger partial charge in [-0.3, -0.25) is 9.29 Å². The molecule has 0 N–H and O–H groups in total. The van der Waals surface area contributed by atoms with E-state index in [0.29, 0.717) is 17.1 Å². The van der Waals surface area contributed by atoms with E-state index in [9.17, 15) is 8.42 Å². The highest BCUT2D eigenvalue weighted by Gasteiger charge is 2.26. The summed E-state index contributed by atoms with van der Waals surface area (Å²) >= 11 is 0. The maximum Gasteiger partial charge on any atom is 0.264 e. The second-order valence-corrected chi connectivity index (χ2v) is 7.94. The smallest absolute Gasteiger partial charge is 0.264 e. The number of rotatable bonds is 6. The molecule has 0 aliphatic heterocycles. The van der Waals surface area contributed by atoms with E-state index >= 15 is 0 Å². The second kappa shape index (κ2) is 7.66. The molecule has 2 aromatic heterocycles. The van der Waals surface area contributed by atoms with Crippen molar-refractivity contribution < 1.29 is 12.9 Å². The molecule has 0 radical (unpaired) electrons. The van der Waals surface area contributed by atoms with Crippen LogP contribution in [0.5, 0.6) is 0 Å². The van der Waals surface area contributed by atoms with Gasteiger partial charge in [-0.05, 0) is 24.3 Å². The lowest BCUT2D eigenvalue weighted by atomic mass is 10.1. The number of hydrogen-bond acceptors (Lipinski definition) is 5. The van der Waals surface area contributed by atoms with Crippen LogP contribution in [-0.4, -0.2) is 18.6 Å². The molecule has 0 amide bonds. The minimum atomic E-state index is -3.78. The van der Waals surface area contributed by atoms with Gasteiger partial charge in [0.25, 0.3) is 10.0 Å². The van der Waals surface area contributed by atoms with Crippen molar-refractivity contribution in [3.8, 4) is 11.3 Å². The molecule has 0 spiro atoms. The topological polar surface area (TPSA) is 76.3 Å². The Bertz CT molecular complexity index is 1150. The molecule has 0 bridgehead atoms. The van der Waals surface area contributed by atoms with Gasteiger partial charge < -0.3 is 4.52 Å². The lowest BCUT2D eigenvalue weighted by Gasteiger charge is -2.23. The molecule has 6 nitrogen and oxygen atoms in total. The Hall–Kier alpha value is -3.45. The van der Waals surface area contributed by atoms with Gasteiger partial charge in [0, 0.05) is 24.0 Å². The van der Waals surface area contributed by atoms with Crippen LogP contribution in [0.4, 0.5) is 5.69 Å². The van der Waals surface area contributed by atoms with Crippen molar-refractivity contribution in [3.05, 3.63) is 97.0 Å². The molecule has 28 heavy (non-hydrogen) atoms. The van der Waals surface area contributed by atoms with Gasteiger partial charge >= 0.3 is 0 Å². The van der Waals surface area contributed by atoms with Crippen LogP contribution in [0.25, 0.3) is 11.3 Å². The number of benzene rings is 2. The van der Waals surface area contributed by atoms with Gasteiger partial charge in [-0.25, -0.2) is 8.42 Å². The highest BCUT2D eigenvalue weighted by molar-refractivity contribution is 7.92. The summed E-state index contributed by atoms with van der Waals surface area (Å²) in [5.74, 6) is 0.586. The van der Waals surface area contributed by atoms with Crippen LogP contribution in [0.3, 0.4) is 0 Å². The Morgan fingerprint density at radius 3 is 2.18 bits per heavy atom. The molecular weight excluding hydrogens is 374 g/mol. The third-order valence-electron chi connectivity index (χ3n) is 4.20. The zero-order chi connectivity index (χ0) is 19.4. The molecule has 0 unspecified atom stereocenters. The Labute approximate surface area is 163 Å². The first kappa shape index (κ1) is 17.9. The fourth-order valence-electron chi connectivity index (χ4n) is 2.82. The van der Waals surface area contributed by atoms with E-state index in [1.165, 1.54) is 4.31 Å². The van der Waals surface area contributed by atoms with E-state index in [-0.39, 0.29) is 11.4 Å². The molecule has 0 aliphatic carbocycles. The second-order valence-electron chi connectivity index (χ2n) is 6.08. The summed E-state index contributed by atoms with van der Waals surface area (Å²) in [7, 11) is -3.78. The number of pyridine rings is 1. The highest BCUT2D eigenvalue weighted by Crippen LogP contribution is 2.27. The Morgan fingerprint density at radius 1 is 0.857 bits per heavy atom. The lowest BCUT2D eigenvalue weighted by Crippen LogP contribution is -2.30. The summed E-state index contributed by atoms with van der Waals surface area (Å²) in [5, 5.41) is 4.07. The molecule has 140 valence electrons. The van der Waals surface area contributed by atoms with Gasteiger partial charge in [0.15, 0.2) is 5.76 Å². The van der Waals surface area contributed by atoms with Crippen molar-refractivity contribution >= 4 is 15.7 Å². The van der Waals surface area contributed by atoms with Crippen LogP contribution in [0, 0.1) is 0 Å². The third-order valence-corrected chi connectivity index (χ3v) is 5.99. The minimum Gasteiger partial charge on any atom is -0.356 e. The van der Waals surface area contributed by atoms with Crippen molar-refractivity contribution in [3.63, 3.8) is 0 Å². The minimum absolute atomic E-state index is 0.0393. The predicted molar refractivity (Wildman–Crippen MR) is 106 cm³/mol. The van der Waals surface area contributed by atoms with E-state index < -0.39 is 10.0 Å². The highest BCUT2D eigenvalue weighted by atomic mass is 32.2. The molecule has 4 rings (SSSR count). The molecule has 2 heterocycles. The predicted octanol–water partition coefficient (Wildman–Crippen LogP) is 4.13. The number of aromatic nitrogens is 2. The van der Waals surface area contributed by atoms with Crippen LogP contribution in [0.1, 0.15) is 5.69 Å². The summed E-state index contributed by atoms with van der Waals surface area (Å²) < 4.78 is 33.2. The van der Waals surface area contributed by atoms with Crippen LogP contribution in [-0.2, 0) is 16.6 Å². The molecule has 4 aromatic rings. The molecule has 7 heteroatoms. The van der Waals surface area contributed by atoms with Gasteiger partial charge in [0.1, 0.15) is 5.69 Å². The van der Waals surface area contributed by atoms with Gasteiger partial charge in [-0.2, -0.15) is 0 Å². The van der Waals surface area contributed by atoms with Gasteiger partial charge in [-0.1, -0.05) is 53.7 Å². The lowest BCUT2D eigenvalue weighted by molar-refractivity contribution is 0.424. The Kier molecular flexibility index (Phi) is 4.90. The average Bonchev–Trinajstić information content (AvgIpc) is 3.23. The summed E-state index contributed by atoms with van der Waals surface area (Å²) in [6, 6.07) is 22.9. The Morgan fingerprint density at radius 2 is 1.50 bits per heavy atom. The van der Waals surface area contributed by atoms with Crippen LogP contribution >= 0.6 is 0 Å². The zero-order valence-corrected chi connectivity index (χ0v) is 15.7. The fraction of sp³-hybridized carbons (Fsp3) is 0.0476. The molecule has 0 saturated heterocycles. The van der Waals surface area contributed by atoms with E-state index in [2.05, 4.69) is 10.1 Å². The van der Waals surface area contributed by atoms with Crippen molar-refractivity contribution in [2.24, 2.45) is 0 Å². The van der Waals surface area contributed by atoms with E-state index in [0.717, 1.165) is 5.56 Å². The third kappa shape index (κ3) is 3.65. The standard InChI is InChI=1S/C21H17N3O3S/c25-28(26,20-9-5-2-6-10-20)24(19-11-13-22-14-12-19)16-18-15-21(27-23-18)17-7-3-1-4-8-17/h1-15H,16H2. The number of anilines is 1. The van der Waals surface area contributed by atoms with Gasteiger partial charge in [0.05, 0.1) is 17.1 Å². The number of hydrogen-bond donors (Lipinski definition) is 0. The summed E-state index contributed by atoms with van der Waals surface area (Å²) in [5.41, 5.74) is 1.89. The summed E-state index contributed by atoms with van der Waals surface area (Å²) in [4.78, 5) is 4.18. The maximum absolute atomic E-state index is 13.3. The first-order valence-corrected chi connectivity index (χ1v) is 10.1. The quantitative estimate of drug-likeness (QED) is 0.494. The first-order valence-electron chi connectivity index (χ1n) is 8.63. The van der Waals surface area contributed by atoms with Crippen molar-refractivity contribution in [1.82, 2.24) is 10.1 Å². The molecule has 0 fully saturated rings. The van der Waals surface area contributed by atoms with E-state index in [1.807, 2.05) is 30.3 Å². The maximum atomic E-state index is 13.3. The summed E-state index contributed by atoms with van der Waals surface area (Å²) in [6.45, 7) is 0.0393. The van der Waals surface area contributed by atoms with Crippen molar-refractivity contribution in [1.29, 1.82) is 0 Å². The van der Waals surface area contributed by atoms with Crippen molar-refractivity contribution in [2.45, 2.75) is 11.4 Å².